The molecule has 4 heterocycles. The average molecular weight is 1610 g/mol. The van der Waals surface area contributed by atoms with E-state index in [0.29, 0.717) is 0 Å². The van der Waals surface area contributed by atoms with Gasteiger partial charge in [-0.25, -0.2) is 0 Å². The van der Waals surface area contributed by atoms with Crippen molar-refractivity contribution in [2.24, 2.45) is 0 Å². The van der Waals surface area contributed by atoms with Gasteiger partial charge in [0.15, 0.2) is 0 Å². The summed E-state index contributed by atoms with van der Waals surface area (Å²) in [5.41, 5.74) is 37.2. The number of rotatable bonds is 16. The van der Waals surface area contributed by atoms with E-state index in [1.165, 1.54) is 66.8 Å². The van der Waals surface area contributed by atoms with Gasteiger partial charge in [-0.2, -0.15) is 0 Å². The molecule has 126 heavy (non-hydrogen) atoms. The molecule has 0 N–H and O–H groups in total. The number of anilines is 6. The van der Waals surface area contributed by atoms with E-state index in [1.54, 1.807) is 0 Å². The normalized spacial score (nSPS) is 11.5. The van der Waals surface area contributed by atoms with Gasteiger partial charge >= 0.3 is 0 Å². The third kappa shape index (κ3) is 14.3. The second-order valence-electron chi connectivity index (χ2n) is 32.2. The maximum Gasteiger partial charge on any atom is 0.135 e. The molecule has 0 saturated heterocycles. The Morgan fingerprint density at radius 1 is 0.103 bits per heavy atom. The van der Waals surface area contributed by atoms with Crippen molar-refractivity contribution < 1.29 is 17.7 Å². The molecule has 0 bridgehead atoms. The van der Waals surface area contributed by atoms with Crippen LogP contribution in [0.4, 0.5) is 34.1 Å². The SMILES string of the molecule is c1ccc(-c2ccc(-c3ccc(-c4ccc(N(c5ccc(-c6ccc7oc8ccccc8c7c6)cc5)c5ccc(-c6ccc7oc8ccccc8c7c6)cc5)cc4)cc3)cc2)cc1.c1ccc(-c2cccc(-c3ccc(-c4ccc(N(c5ccc(-c6ccc7oc8ccccc8c7c6)cc5)c5ccc(-c6ccc7oc8ccccc8c7c6)cc5)cc4)cc3)c2)cc1. The smallest absolute Gasteiger partial charge is 0.135 e. The first-order chi connectivity index (χ1) is 62.4. The molecule has 0 aliphatic heterocycles. The van der Waals surface area contributed by atoms with Gasteiger partial charge < -0.3 is 27.5 Å². The third-order valence-corrected chi connectivity index (χ3v) is 24.7. The maximum absolute atomic E-state index is 6.13. The van der Waals surface area contributed by atoms with Crippen LogP contribution in [0.5, 0.6) is 0 Å². The average Bonchev–Trinajstić information content (AvgIpc) is 1.75. The van der Waals surface area contributed by atoms with Crippen LogP contribution in [0.15, 0.2) is 491 Å². The lowest BCUT2D eigenvalue weighted by Crippen LogP contribution is -2.09. The Bertz CT molecular complexity index is 7800. The quantitative estimate of drug-likeness (QED) is 0.0961. The molecular formula is C120H78N2O4. The summed E-state index contributed by atoms with van der Waals surface area (Å²) < 4.78 is 24.5. The van der Waals surface area contributed by atoms with Crippen LogP contribution in [-0.4, -0.2) is 0 Å². The van der Waals surface area contributed by atoms with Gasteiger partial charge in [0.25, 0.3) is 0 Å². The molecule has 0 saturated carbocycles. The molecule has 0 aliphatic carbocycles. The highest BCUT2D eigenvalue weighted by Crippen LogP contribution is 2.45. The van der Waals surface area contributed by atoms with E-state index in [1.807, 2.05) is 48.5 Å². The number of para-hydroxylation sites is 4. The standard InChI is InChI=1S/2C60H39NO2/c1-2-9-40(10-3-1)46-11-8-12-47(37-46)43-19-17-41(18-20-43)42-21-29-50(30-22-42)61(51-31-23-44(24-32-51)48-27-35-59-55(38-48)53-13-4-6-15-57(53)62-59)52-33-25-45(26-34-52)49-28-36-60-56(39-49)54-14-5-7-16-58(54)63-60;1-2-8-40(9-3-1)41-14-16-42(17-15-41)43-18-20-44(21-19-43)45-22-30-50(31-23-45)61(51-32-24-46(25-33-51)48-28-36-59-55(38-48)53-10-4-6-12-57(53)62-59)52-34-26-47(27-35-52)49-29-37-60-56(39-49)54-11-5-7-13-58(54)63-60/h2*1-39H. The first-order valence-corrected chi connectivity index (χ1v) is 42.8. The van der Waals surface area contributed by atoms with Crippen molar-refractivity contribution in [2.75, 3.05) is 9.80 Å². The van der Waals surface area contributed by atoms with Gasteiger partial charge in [0.2, 0.25) is 0 Å². The van der Waals surface area contributed by atoms with Crippen LogP contribution in [0.1, 0.15) is 0 Å². The zero-order valence-electron chi connectivity index (χ0n) is 68.6. The molecule has 0 unspecified atom stereocenters. The molecular weight excluding hydrogens is 1530 g/mol. The van der Waals surface area contributed by atoms with Crippen molar-refractivity contribution in [1.82, 2.24) is 0 Å². The summed E-state index contributed by atoms with van der Waals surface area (Å²) >= 11 is 0. The summed E-state index contributed by atoms with van der Waals surface area (Å²) in [6.07, 6.45) is 0. The second-order valence-corrected chi connectivity index (χ2v) is 32.2. The molecule has 24 rings (SSSR count). The van der Waals surface area contributed by atoms with Gasteiger partial charge in [0, 0.05) is 77.2 Å². The van der Waals surface area contributed by atoms with Crippen molar-refractivity contribution in [1.29, 1.82) is 0 Å². The Hall–Kier alpha value is -16.8. The lowest BCUT2D eigenvalue weighted by atomic mass is 9.97. The van der Waals surface area contributed by atoms with Gasteiger partial charge in [0.1, 0.15) is 44.7 Å². The first-order valence-electron chi connectivity index (χ1n) is 42.8. The predicted octanol–water partition coefficient (Wildman–Crippen LogP) is 34.6. The molecule has 4 aromatic heterocycles. The lowest BCUT2D eigenvalue weighted by molar-refractivity contribution is 0.668. The summed E-state index contributed by atoms with van der Waals surface area (Å²) in [6.45, 7) is 0. The fourth-order valence-corrected chi connectivity index (χ4v) is 18.0. The topological polar surface area (TPSA) is 59.0 Å². The molecule has 6 heteroatoms. The van der Waals surface area contributed by atoms with Crippen LogP contribution in [0.2, 0.25) is 0 Å². The van der Waals surface area contributed by atoms with E-state index in [2.05, 4.69) is 434 Å². The predicted molar refractivity (Wildman–Crippen MR) is 526 cm³/mol. The lowest BCUT2D eigenvalue weighted by Gasteiger charge is -2.26. The zero-order chi connectivity index (χ0) is 83.4. The number of furan rings is 4. The summed E-state index contributed by atoms with van der Waals surface area (Å²) in [5.74, 6) is 0. The highest BCUT2D eigenvalue weighted by atomic mass is 16.3. The van der Waals surface area contributed by atoms with Gasteiger partial charge in [0.05, 0.1) is 0 Å². The van der Waals surface area contributed by atoms with E-state index >= 15 is 0 Å². The number of nitrogens with zero attached hydrogens (tertiary/aromatic N) is 2. The Kier molecular flexibility index (Phi) is 18.8. The van der Waals surface area contributed by atoms with E-state index in [-0.39, 0.29) is 0 Å². The van der Waals surface area contributed by atoms with Crippen molar-refractivity contribution in [3.8, 4) is 111 Å². The number of hydrogen-bond acceptors (Lipinski definition) is 6. The fourth-order valence-electron chi connectivity index (χ4n) is 18.0. The summed E-state index contributed by atoms with van der Waals surface area (Å²) in [6, 6.07) is 169. The fraction of sp³-hybridized carbons (Fsp3) is 0. The molecule has 0 fully saturated rings. The highest BCUT2D eigenvalue weighted by Gasteiger charge is 2.21. The van der Waals surface area contributed by atoms with Gasteiger partial charge in [-0.3, -0.25) is 0 Å². The Morgan fingerprint density at radius 2 is 0.254 bits per heavy atom. The minimum Gasteiger partial charge on any atom is -0.456 e. The van der Waals surface area contributed by atoms with E-state index < -0.39 is 0 Å². The van der Waals surface area contributed by atoms with Crippen LogP contribution in [0, 0.1) is 0 Å². The maximum atomic E-state index is 6.13. The van der Waals surface area contributed by atoms with Gasteiger partial charge in [-0.05, 0) is 263 Å². The molecule has 0 atom stereocenters. The molecule has 0 spiro atoms. The Balaban J connectivity index is 0.000000145. The van der Waals surface area contributed by atoms with Crippen LogP contribution in [0.25, 0.3) is 199 Å². The molecule has 20 aromatic carbocycles. The molecule has 0 amide bonds. The molecule has 0 radical (unpaired) electrons. The van der Waals surface area contributed by atoms with Crippen molar-refractivity contribution in [3.63, 3.8) is 0 Å². The van der Waals surface area contributed by atoms with Crippen molar-refractivity contribution >= 4 is 122 Å². The van der Waals surface area contributed by atoms with Crippen LogP contribution < -0.4 is 9.80 Å². The molecule has 24 aromatic rings. The molecule has 0 aliphatic rings. The largest absolute Gasteiger partial charge is 0.456 e. The van der Waals surface area contributed by atoms with Crippen molar-refractivity contribution in [2.45, 2.75) is 0 Å². The van der Waals surface area contributed by atoms with Gasteiger partial charge in [-0.1, -0.05) is 322 Å². The number of benzene rings is 20. The number of hydrogen-bond donors (Lipinski definition) is 0. The molecule has 592 valence electrons. The first kappa shape index (κ1) is 74.3. The Labute approximate surface area is 728 Å². The van der Waals surface area contributed by atoms with E-state index in [0.717, 1.165) is 166 Å². The van der Waals surface area contributed by atoms with Crippen LogP contribution in [0.3, 0.4) is 0 Å². The van der Waals surface area contributed by atoms with E-state index in [4.69, 9.17) is 17.7 Å². The summed E-state index contributed by atoms with van der Waals surface area (Å²) in [5, 5.41) is 9.03. The van der Waals surface area contributed by atoms with E-state index in [9.17, 15) is 0 Å². The molecule has 6 nitrogen and oxygen atoms in total. The van der Waals surface area contributed by atoms with Crippen LogP contribution in [-0.2, 0) is 0 Å². The minimum atomic E-state index is 0.900. The highest BCUT2D eigenvalue weighted by molar-refractivity contribution is 6.10. The number of fused-ring (bicyclic) bond motifs is 12. The summed E-state index contributed by atoms with van der Waals surface area (Å²) in [7, 11) is 0. The third-order valence-electron chi connectivity index (χ3n) is 24.7. The zero-order valence-corrected chi connectivity index (χ0v) is 68.6. The van der Waals surface area contributed by atoms with Crippen molar-refractivity contribution in [3.05, 3.63) is 473 Å². The second kappa shape index (κ2) is 32.0. The van der Waals surface area contributed by atoms with Crippen LogP contribution >= 0.6 is 0 Å². The van der Waals surface area contributed by atoms with Gasteiger partial charge in [-0.15, -0.1) is 0 Å². The minimum absolute atomic E-state index is 0.900. The monoisotopic (exact) mass is 1610 g/mol. The Morgan fingerprint density at radius 3 is 0.484 bits per heavy atom. The summed E-state index contributed by atoms with van der Waals surface area (Å²) in [4.78, 5) is 4.67.